The molecule has 1 aliphatic rings. The summed E-state index contributed by atoms with van der Waals surface area (Å²) in [7, 11) is 0. The Balaban J connectivity index is 2.10. The van der Waals surface area contributed by atoms with Crippen LogP contribution < -0.4 is 5.32 Å². The quantitative estimate of drug-likeness (QED) is 0.861. The minimum atomic E-state index is -0.238. The number of aliphatic hydroxyl groups is 1. The summed E-state index contributed by atoms with van der Waals surface area (Å²) in [6.07, 6.45) is 5.46. The average molecular weight is 248 g/mol. The summed E-state index contributed by atoms with van der Waals surface area (Å²) >= 11 is 6.96. The molecule has 0 radical (unpaired) electrons. The van der Waals surface area contributed by atoms with Gasteiger partial charge in [0.2, 0.25) is 0 Å². The first-order valence-corrected chi connectivity index (χ1v) is 6.24. The molecule has 4 nitrogen and oxygen atoms in total. The fourth-order valence-corrected chi connectivity index (χ4v) is 2.70. The van der Waals surface area contributed by atoms with E-state index in [9.17, 15) is 5.11 Å². The van der Waals surface area contributed by atoms with Crippen LogP contribution in [0.5, 0.6) is 0 Å². The van der Waals surface area contributed by atoms with Crippen molar-refractivity contribution in [3.8, 4) is 0 Å². The van der Waals surface area contributed by atoms with Gasteiger partial charge in [0.25, 0.3) is 0 Å². The van der Waals surface area contributed by atoms with Gasteiger partial charge in [-0.3, -0.25) is 0 Å². The Morgan fingerprint density at radius 1 is 1.33 bits per heavy atom. The van der Waals surface area contributed by atoms with Crippen molar-refractivity contribution in [2.24, 2.45) is 0 Å². The molecule has 0 spiro atoms. The van der Waals surface area contributed by atoms with Gasteiger partial charge in [-0.1, -0.05) is 30.9 Å². The second kappa shape index (κ2) is 4.63. The SMILES string of the molecule is OCC1(Nc2nsnc2Cl)CCCCC1. The summed E-state index contributed by atoms with van der Waals surface area (Å²) in [5.74, 6) is 0.609. The standard InChI is InChI=1S/C9H14ClN3OS/c10-7-8(13-15-12-7)11-9(6-14)4-2-1-3-5-9/h14H,1-6H2,(H,11,13). The van der Waals surface area contributed by atoms with Crippen LogP contribution in [0.3, 0.4) is 0 Å². The van der Waals surface area contributed by atoms with Crippen LogP contribution in [0.4, 0.5) is 5.82 Å². The second-order valence-corrected chi connectivity index (χ2v) is 4.91. The van der Waals surface area contributed by atoms with E-state index in [-0.39, 0.29) is 12.1 Å². The topological polar surface area (TPSA) is 58.0 Å². The summed E-state index contributed by atoms with van der Waals surface area (Å²) in [5, 5.41) is 13.1. The van der Waals surface area contributed by atoms with E-state index < -0.39 is 0 Å². The Morgan fingerprint density at radius 2 is 2.07 bits per heavy atom. The minimum Gasteiger partial charge on any atom is -0.394 e. The molecule has 0 aromatic carbocycles. The summed E-state index contributed by atoms with van der Waals surface area (Å²) in [5.41, 5.74) is -0.238. The number of nitrogens with one attached hydrogen (secondary N) is 1. The number of anilines is 1. The third kappa shape index (κ3) is 2.41. The van der Waals surface area contributed by atoms with Gasteiger partial charge in [-0.2, -0.15) is 8.75 Å². The van der Waals surface area contributed by atoms with Gasteiger partial charge in [0.1, 0.15) is 0 Å². The largest absolute Gasteiger partial charge is 0.394 e. The molecule has 2 rings (SSSR count). The lowest BCUT2D eigenvalue weighted by Crippen LogP contribution is -2.44. The van der Waals surface area contributed by atoms with Crippen molar-refractivity contribution in [2.75, 3.05) is 11.9 Å². The maximum Gasteiger partial charge on any atom is 0.186 e. The van der Waals surface area contributed by atoms with E-state index in [4.69, 9.17) is 11.6 Å². The van der Waals surface area contributed by atoms with E-state index in [1.807, 2.05) is 0 Å². The van der Waals surface area contributed by atoms with Gasteiger partial charge in [-0.05, 0) is 12.8 Å². The van der Waals surface area contributed by atoms with E-state index in [1.54, 1.807) is 0 Å². The van der Waals surface area contributed by atoms with E-state index in [1.165, 1.54) is 6.42 Å². The van der Waals surface area contributed by atoms with Crippen LogP contribution in [0.1, 0.15) is 32.1 Å². The number of hydrogen-bond acceptors (Lipinski definition) is 5. The third-order valence-electron chi connectivity index (χ3n) is 2.95. The Morgan fingerprint density at radius 3 is 2.60 bits per heavy atom. The number of aromatic nitrogens is 2. The Hall–Kier alpha value is -0.390. The van der Waals surface area contributed by atoms with E-state index in [0.717, 1.165) is 37.4 Å². The van der Waals surface area contributed by atoms with Gasteiger partial charge in [-0.15, -0.1) is 0 Å². The van der Waals surface area contributed by atoms with Gasteiger partial charge >= 0.3 is 0 Å². The van der Waals surface area contributed by atoms with Gasteiger partial charge in [0.15, 0.2) is 11.0 Å². The molecule has 2 N–H and O–H groups in total. The van der Waals surface area contributed by atoms with Crippen molar-refractivity contribution in [1.82, 2.24) is 8.75 Å². The fraction of sp³-hybridized carbons (Fsp3) is 0.778. The predicted octanol–water partition coefficient (Wildman–Crippen LogP) is 2.30. The number of nitrogens with zero attached hydrogens (tertiary/aromatic N) is 2. The zero-order valence-corrected chi connectivity index (χ0v) is 9.94. The maximum atomic E-state index is 9.48. The lowest BCUT2D eigenvalue weighted by molar-refractivity contribution is 0.172. The van der Waals surface area contributed by atoms with Crippen LogP contribution in [0, 0.1) is 0 Å². The number of hydrogen-bond donors (Lipinski definition) is 2. The number of rotatable bonds is 3. The van der Waals surface area contributed by atoms with E-state index in [2.05, 4.69) is 14.1 Å². The molecular formula is C9H14ClN3OS. The smallest absolute Gasteiger partial charge is 0.186 e. The highest BCUT2D eigenvalue weighted by Crippen LogP contribution is 2.32. The molecule has 0 aliphatic heterocycles. The lowest BCUT2D eigenvalue weighted by Gasteiger charge is -2.36. The molecule has 6 heteroatoms. The molecule has 0 amide bonds. The van der Waals surface area contributed by atoms with Crippen molar-refractivity contribution in [3.05, 3.63) is 5.15 Å². The van der Waals surface area contributed by atoms with Crippen LogP contribution in [0.15, 0.2) is 0 Å². The van der Waals surface area contributed by atoms with Crippen molar-refractivity contribution >= 4 is 29.1 Å². The van der Waals surface area contributed by atoms with Gasteiger partial charge in [0, 0.05) is 0 Å². The van der Waals surface area contributed by atoms with Gasteiger partial charge < -0.3 is 10.4 Å². The second-order valence-electron chi connectivity index (χ2n) is 4.03. The number of aliphatic hydroxyl groups excluding tert-OH is 1. The third-order valence-corrected chi connectivity index (χ3v) is 3.84. The molecule has 15 heavy (non-hydrogen) atoms. The van der Waals surface area contributed by atoms with E-state index >= 15 is 0 Å². The molecule has 1 fully saturated rings. The van der Waals surface area contributed by atoms with E-state index in [0.29, 0.717) is 11.0 Å². The zero-order chi connectivity index (χ0) is 10.7. The molecule has 1 aromatic rings. The average Bonchev–Trinajstić information content (AvgIpc) is 2.66. The molecule has 0 bridgehead atoms. The van der Waals surface area contributed by atoms with Crippen LogP contribution in [0.2, 0.25) is 5.15 Å². The maximum absolute atomic E-state index is 9.48. The van der Waals surface area contributed by atoms with Crippen molar-refractivity contribution in [2.45, 2.75) is 37.6 Å². The Bertz CT molecular complexity index is 325. The fourth-order valence-electron chi connectivity index (χ4n) is 2.05. The summed E-state index contributed by atoms with van der Waals surface area (Å²) in [4.78, 5) is 0. The summed E-state index contributed by atoms with van der Waals surface area (Å²) in [6.45, 7) is 0.126. The zero-order valence-electron chi connectivity index (χ0n) is 8.37. The summed E-state index contributed by atoms with van der Waals surface area (Å²) < 4.78 is 7.98. The lowest BCUT2D eigenvalue weighted by atomic mass is 9.82. The monoisotopic (exact) mass is 247 g/mol. The molecular weight excluding hydrogens is 234 g/mol. The first-order chi connectivity index (χ1) is 7.26. The van der Waals surface area contributed by atoms with Crippen molar-refractivity contribution < 1.29 is 5.11 Å². The molecule has 1 saturated carbocycles. The molecule has 84 valence electrons. The normalized spacial score (nSPS) is 20.1. The van der Waals surface area contributed by atoms with Crippen LogP contribution in [-0.4, -0.2) is 26.0 Å². The molecule has 1 aromatic heterocycles. The summed E-state index contributed by atoms with van der Waals surface area (Å²) in [6, 6.07) is 0. The Kier molecular flexibility index (Phi) is 3.43. The molecule has 1 heterocycles. The first kappa shape index (κ1) is 11.1. The van der Waals surface area contributed by atoms with Crippen LogP contribution in [0.25, 0.3) is 0 Å². The molecule has 0 unspecified atom stereocenters. The predicted molar refractivity (Wildman–Crippen MR) is 61.4 cm³/mol. The minimum absolute atomic E-state index is 0.126. The first-order valence-electron chi connectivity index (χ1n) is 5.13. The highest BCUT2D eigenvalue weighted by molar-refractivity contribution is 6.99. The van der Waals surface area contributed by atoms with Gasteiger partial charge in [0.05, 0.1) is 23.9 Å². The number of halogens is 1. The molecule has 0 atom stereocenters. The van der Waals surface area contributed by atoms with Crippen LogP contribution >= 0.6 is 23.3 Å². The van der Waals surface area contributed by atoms with Crippen molar-refractivity contribution in [1.29, 1.82) is 0 Å². The molecule has 1 aliphatic carbocycles. The Labute approximate surface area is 98.0 Å². The van der Waals surface area contributed by atoms with Gasteiger partial charge in [-0.25, -0.2) is 0 Å². The molecule has 0 saturated heterocycles. The highest BCUT2D eigenvalue weighted by Gasteiger charge is 2.32. The highest BCUT2D eigenvalue weighted by atomic mass is 35.5. The van der Waals surface area contributed by atoms with Crippen molar-refractivity contribution in [3.63, 3.8) is 0 Å². The van der Waals surface area contributed by atoms with Crippen LogP contribution in [-0.2, 0) is 0 Å².